The zero-order valence-electron chi connectivity index (χ0n) is 28.3. The number of rotatable bonds is 9. The summed E-state index contributed by atoms with van der Waals surface area (Å²) >= 11 is 12.4. The van der Waals surface area contributed by atoms with E-state index in [0.717, 1.165) is 30.4 Å². The number of benzene rings is 3. The van der Waals surface area contributed by atoms with Crippen LogP contribution in [0.4, 0.5) is 5.69 Å². The summed E-state index contributed by atoms with van der Waals surface area (Å²) in [5.41, 5.74) is 2.40. The Morgan fingerprint density at radius 2 is 1.77 bits per heavy atom. The molecule has 1 aliphatic rings. The van der Waals surface area contributed by atoms with Gasteiger partial charge < -0.3 is 19.5 Å². The first-order valence-corrected chi connectivity index (χ1v) is 18.6. The van der Waals surface area contributed by atoms with Gasteiger partial charge in [-0.1, -0.05) is 53.9 Å². The fraction of sp³-hybridized carbons (Fsp3) is 0.472. The number of ether oxygens (including phenoxy) is 2. The standard InChI is InChI=1S/C36H47Cl2N3O6S/c1-24-9-13-30(14-10-24)48(44,45)39-29-12-16-34-31(19-29)36(43)41(26(3)23-42)20-25(2)35(46-17-7-6-8-27(4)47-34)22-40(5)21-28-11-15-32(37)33(38)18-28/h9-16,18-19,25-27,35,39,42H,6-8,17,20-23H2,1-5H3/t25-,26+,27+,35+/m0/s1. The minimum absolute atomic E-state index is 0.115. The van der Waals surface area contributed by atoms with Gasteiger partial charge in [0.15, 0.2) is 0 Å². The number of aliphatic hydroxyl groups is 1. The summed E-state index contributed by atoms with van der Waals surface area (Å²) in [6.45, 7) is 9.48. The zero-order chi connectivity index (χ0) is 35.0. The molecule has 4 rings (SSSR count). The van der Waals surface area contributed by atoms with E-state index < -0.39 is 16.1 Å². The van der Waals surface area contributed by atoms with Gasteiger partial charge in [-0.15, -0.1) is 0 Å². The second-order valence-electron chi connectivity index (χ2n) is 12.9. The SMILES string of the molecule is Cc1ccc(S(=O)(=O)Nc2ccc3c(c2)C(=O)N([C@H](C)CO)C[C@H](C)[C@@H](CN(C)Cc2ccc(Cl)c(Cl)c2)OCCCC[C@@H](C)O3)cc1. The molecule has 4 atom stereocenters. The van der Waals surface area contributed by atoms with E-state index in [1.54, 1.807) is 54.3 Å². The molecular formula is C36H47Cl2N3O6S. The van der Waals surface area contributed by atoms with Crippen molar-refractivity contribution in [2.75, 3.05) is 38.1 Å². The Hall–Kier alpha value is -2.86. The first-order valence-electron chi connectivity index (χ1n) is 16.3. The van der Waals surface area contributed by atoms with Crippen LogP contribution in [0.25, 0.3) is 0 Å². The lowest BCUT2D eigenvalue weighted by Gasteiger charge is -2.36. The summed E-state index contributed by atoms with van der Waals surface area (Å²) in [6, 6.07) is 16.4. The molecule has 0 saturated carbocycles. The average Bonchev–Trinajstić information content (AvgIpc) is 3.04. The lowest BCUT2D eigenvalue weighted by Crippen LogP contribution is -2.47. The summed E-state index contributed by atoms with van der Waals surface area (Å²) in [7, 11) is -1.90. The van der Waals surface area contributed by atoms with Gasteiger partial charge >= 0.3 is 0 Å². The molecule has 0 bridgehead atoms. The number of carbonyl (C=O) groups excluding carboxylic acids is 1. The lowest BCUT2D eigenvalue weighted by molar-refractivity contribution is -0.0177. The predicted molar refractivity (Wildman–Crippen MR) is 192 cm³/mol. The molecule has 3 aromatic carbocycles. The Labute approximate surface area is 295 Å². The third-order valence-corrected chi connectivity index (χ3v) is 10.7. The van der Waals surface area contributed by atoms with Crippen molar-refractivity contribution in [3.8, 4) is 5.75 Å². The van der Waals surface area contributed by atoms with Crippen molar-refractivity contribution in [1.29, 1.82) is 0 Å². The maximum absolute atomic E-state index is 14.4. The minimum Gasteiger partial charge on any atom is -0.490 e. The first-order chi connectivity index (χ1) is 22.8. The molecule has 3 aromatic rings. The molecule has 0 aliphatic carbocycles. The van der Waals surface area contributed by atoms with Gasteiger partial charge in [-0.25, -0.2) is 8.42 Å². The summed E-state index contributed by atoms with van der Waals surface area (Å²) in [4.78, 5) is 18.3. The Morgan fingerprint density at radius 1 is 1.04 bits per heavy atom. The van der Waals surface area contributed by atoms with E-state index in [1.807, 2.05) is 40.0 Å². The quantitative estimate of drug-likeness (QED) is 0.245. The van der Waals surface area contributed by atoms with Crippen LogP contribution in [0, 0.1) is 12.8 Å². The number of nitrogens with one attached hydrogen (secondary N) is 1. The normalized spacial score (nSPS) is 20.5. The molecule has 1 heterocycles. The van der Waals surface area contributed by atoms with Crippen LogP contribution in [-0.4, -0.2) is 80.8 Å². The highest BCUT2D eigenvalue weighted by atomic mass is 35.5. The largest absolute Gasteiger partial charge is 0.490 e. The van der Waals surface area contributed by atoms with Gasteiger partial charge in [-0.05, 0) is 95.1 Å². The number of aryl methyl sites for hydroxylation is 1. The summed E-state index contributed by atoms with van der Waals surface area (Å²) < 4.78 is 41.8. The van der Waals surface area contributed by atoms with Gasteiger partial charge in [-0.3, -0.25) is 14.4 Å². The Bertz CT molecular complexity index is 1640. The highest BCUT2D eigenvalue weighted by Crippen LogP contribution is 2.30. The summed E-state index contributed by atoms with van der Waals surface area (Å²) in [5.74, 6) is -0.129. The number of amides is 1. The Kier molecular flexibility index (Phi) is 13.6. The van der Waals surface area contributed by atoms with Crippen molar-refractivity contribution in [2.45, 2.75) is 76.6 Å². The van der Waals surface area contributed by atoms with Crippen molar-refractivity contribution >= 4 is 44.8 Å². The predicted octanol–water partition coefficient (Wildman–Crippen LogP) is 7.03. The number of carbonyl (C=O) groups is 1. The van der Waals surface area contributed by atoms with E-state index in [-0.39, 0.29) is 46.8 Å². The highest BCUT2D eigenvalue weighted by molar-refractivity contribution is 7.92. The van der Waals surface area contributed by atoms with Crippen LogP contribution in [0.1, 0.15) is 61.5 Å². The molecular weight excluding hydrogens is 673 g/mol. The molecule has 12 heteroatoms. The van der Waals surface area contributed by atoms with Crippen molar-refractivity contribution in [2.24, 2.45) is 5.92 Å². The van der Waals surface area contributed by atoms with E-state index in [1.165, 1.54) is 6.07 Å². The van der Waals surface area contributed by atoms with Gasteiger partial charge in [0.25, 0.3) is 15.9 Å². The van der Waals surface area contributed by atoms with E-state index in [9.17, 15) is 18.3 Å². The van der Waals surface area contributed by atoms with Crippen molar-refractivity contribution in [3.63, 3.8) is 0 Å². The minimum atomic E-state index is -3.91. The first kappa shape index (κ1) is 38.0. The average molecular weight is 721 g/mol. The van der Waals surface area contributed by atoms with E-state index in [0.29, 0.717) is 42.0 Å². The number of hydrogen-bond acceptors (Lipinski definition) is 7. The fourth-order valence-corrected chi connectivity index (χ4v) is 7.07. The van der Waals surface area contributed by atoms with Gasteiger partial charge in [0, 0.05) is 37.8 Å². The van der Waals surface area contributed by atoms with Crippen LogP contribution in [-0.2, 0) is 21.3 Å². The maximum Gasteiger partial charge on any atom is 0.261 e. The molecule has 262 valence electrons. The molecule has 2 N–H and O–H groups in total. The Morgan fingerprint density at radius 3 is 2.46 bits per heavy atom. The monoisotopic (exact) mass is 719 g/mol. The van der Waals surface area contributed by atoms with Crippen LogP contribution < -0.4 is 9.46 Å². The number of nitrogens with zero attached hydrogens (tertiary/aromatic N) is 2. The lowest BCUT2D eigenvalue weighted by atomic mass is 10.0. The van der Waals surface area contributed by atoms with E-state index >= 15 is 0 Å². The molecule has 1 amide bonds. The number of aliphatic hydroxyl groups excluding tert-OH is 1. The fourth-order valence-electron chi connectivity index (χ4n) is 5.70. The zero-order valence-corrected chi connectivity index (χ0v) is 30.6. The summed E-state index contributed by atoms with van der Waals surface area (Å²) in [5, 5.41) is 11.3. The third-order valence-electron chi connectivity index (χ3n) is 8.56. The van der Waals surface area contributed by atoms with Crippen LogP contribution in [0.15, 0.2) is 65.6 Å². The molecule has 9 nitrogen and oxygen atoms in total. The summed E-state index contributed by atoms with van der Waals surface area (Å²) in [6.07, 6.45) is 2.03. The molecule has 1 aliphatic heterocycles. The topological polar surface area (TPSA) is 108 Å². The van der Waals surface area contributed by atoms with Crippen molar-refractivity contribution < 1.29 is 27.8 Å². The highest BCUT2D eigenvalue weighted by Gasteiger charge is 2.31. The maximum atomic E-state index is 14.4. The number of fused-ring (bicyclic) bond motifs is 1. The van der Waals surface area contributed by atoms with Gasteiger partial charge in [-0.2, -0.15) is 0 Å². The number of hydrogen-bond donors (Lipinski definition) is 2. The molecule has 0 fully saturated rings. The number of halogens is 2. The van der Waals surface area contributed by atoms with Gasteiger partial charge in [0.2, 0.25) is 0 Å². The van der Waals surface area contributed by atoms with Crippen LogP contribution in [0.2, 0.25) is 10.0 Å². The Balaban J connectivity index is 1.63. The van der Waals surface area contributed by atoms with Crippen molar-refractivity contribution in [1.82, 2.24) is 9.80 Å². The number of anilines is 1. The van der Waals surface area contributed by atoms with Gasteiger partial charge in [0.05, 0.1) is 45.4 Å². The number of sulfonamides is 1. The van der Waals surface area contributed by atoms with E-state index in [4.69, 9.17) is 32.7 Å². The molecule has 0 spiro atoms. The van der Waals surface area contributed by atoms with Crippen LogP contribution in [0.5, 0.6) is 5.75 Å². The smallest absolute Gasteiger partial charge is 0.261 e. The molecule has 0 radical (unpaired) electrons. The van der Waals surface area contributed by atoms with Crippen LogP contribution in [0.3, 0.4) is 0 Å². The van der Waals surface area contributed by atoms with Crippen LogP contribution >= 0.6 is 23.2 Å². The molecule has 0 unspecified atom stereocenters. The second kappa shape index (κ2) is 17.2. The van der Waals surface area contributed by atoms with E-state index in [2.05, 4.69) is 9.62 Å². The molecule has 0 aromatic heterocycles. The number of likely N-dealkylation sites (N-methyl/N-ethyl adjacent to an activating group) is 1. The third kappa shape index (κ3) is 10.3. The molecule has 48 heavy (non-hydrogen) atoms. The van der Waals surface area contributed by atoms with Crippen molar-refractivity contribution in [3.05, 3.63) is 87.4 Å². The second-order valence-corrected chi connectivity index (χ2v) is 15.4. The van der Waals surface area contributed by atoms with Gasteiger partial charge in [0.1, 0.15) is 5.75 Å². The molecule has 0 saturated heterocycles.